The molecule has 0 bridgehead atoms. The topological polar surface area (TPSA) is 50.8 Å². The highest BCUT2D eigenvalue weighted by Gasteiger charge is 2.33. The summed E-state index contributed by atoms with van der Waals surface area (Å²) in [6, 6.07) is 4.10. The van der Waals surface area contributed by atoms with Crippen LogP contribution in [0.5, 0.6) is 0 Å². The highest BCUT2D eigenvalue weighted by molar-refractivity contribution is 5.89. The summed E-state index contributed by atoms with van der Waals surface area (Å²) in [6.45, 7) is 2.25. The molecule has 2 heterocycles. The summed E-state index contributed by atoms with van der Waals surface area (Å²) in [6.07, 6.45) is -2.89. The lowest BCUT2D eigenvalue weighted by atomic mass is 9.98. The van der Waals surface area contributed by atoms with Crippen LogP contribution in [0.1, 0.15) is 18.4 Å². The van der Waals surface area contributed by atoms with Gasteiger partial charge in [0.2, 0.25) is 0 Å². The summed E-state index contributed by atoms with van der Waals surface area (Å²) in [4.78, 5) is 14.0. The molecule has 0 aromatic heterocycles. The molecule has 2 saturated heterocycles. The highest BCUT2D eigenvalue weighted by Crippen LogP contribution is 2.30. The highest BCUT2D eigenvalue weighted by atomic mass is 19.4. The Kier molecular flexibility index (Phi) is 4.96. The van der Waals surface area contributed by atoms with Crippen LogP contribution in [0.3, 0.4) is 0 Å². The van der Waals surface area contributed by atoms with Crippen molar-refractivity contribution in [3.8, 4) is 0 Å². The van der Waals surface area contributed by atoms with Crippen LogP contribution in [0.2, 0.25) is 0 Å². The average molecular weight is 344 g/mol. The molecule has 2 fully saturated rings. The third-order valence-corrected chi connectivity index (χ3v) is 4.24. The number of hydrogen-bond acceptors (Lipinski definition) is 3. The number of likely N-dealkylation sites (tertiary alicyclic amines) is 1. The predicted molar refractivity (Wildman–Crippen MR) is 80.5 cm³/mol. The largest absolute Gasteiger partial charge is 0.416 e. The van der Waals surface area contributed by atoms with Gasteiger partial charge in [0.1, 0.15) is 0 Å². The van der Waals surface area contributed by atoms with Gasteiger partial charge in [-0.05, 0) is 37.1 Å². The Labute approximate surface area is 137 Å². The van der Waals surface area contributed by atoms with E-state index in [-0.39, 0.29) is 18.2 Å². The van der Waals surface area contributed by atoms with E-state index in [1.165, 1.54) is 12.1 Å². The maximum Gasteiger partial charge on any atom is 0.416 e. The van der Waals surface area contributed by atoms with Crippen molar-refractivity contribution in [3.63, 3.8) is 0 Å². The molecule has 1 unspecified atom stereocenters. The second-order valence-electron chi connectivity index (χ2n) is 5.96. The van der Waals surface area contributed by atoms with E-state index in [0.29, 0.717) is 32.0 Å². The molecule has 5 nitrogen and oxygen atoms in total. The first-order valence-electron chi connectivity index (χ1n) is 7.90. The van der Waals surface area contributed by atoms with E-state index >= 15 is 0 Å². The molecule has 0 radical (unpaired) electrons. The lowest BCUT2D eigenvalue weighted by Gasteiger charge is -2.34. The van der Waals surface area contributed by atoms with Gasteiger partial charge in [-0.25, -0.2) is 4.79 Å². The van der Waals surface area contributed by atoms with E-state index < -0.39 is 11.7 Å². The van der Waals surface area contributed by atoms with Gasteiger partial charge in [-0.2, -0.15) is 13.2 Å². The van der Waals surface area contributed by atoms with Crippen LogP contribution in [0.4, 0.5) is 23.7 Å². The number of ether oxygens (including phenoxy) is 2. The van der Waals surface area contributed by atoms with Crippen molar-refractivity contribution in [2.24, 2.45) is 5.92 Å². The number of carbonyl (C=O) groups is 1. The Hall–Kier alpha value is -1.80. The number of nitrogens with one attached hydrogen (secondary N) is 1. The first-order chi connectivity index (χ1) is 11.4. The Balaban J connectivity index is 1.57. The van der Waals surface area contributed by atoms with Gasteiger partial charge in [0, 0.05) is 24.7 Å². The second kappa shape index (κ2) is 6.98. The van der Waals surface area contributed by atoms with E-state index in [9.17, 15) is 18.0 Å². The number of rotatable bonds is 2. The number of nitrogens with zero attached hydrogens (tertiary/aromatic N) is 1. The summed E-state index contributed by atoms with van der Waals surface area (Å²) in [5, 5.41) is 2.64. The molecule has 24 heavy (non-hydrogen) atoms. The standard InChI is InChI=1S/C16H19F3N2O3/c17-16(18,19)12-3-5-13(6-4-12)20-15(22)21-7-1-2-11(10-21)14-23-8-9-24-14/h3-6,11,14H,1-2,7-10H2,(H,20,22). The van der Waals surface area contributed by atoms with Crippen molar-refractivity contribution in [3.05, 3.63) is 29.8 Å². The first-order valence-corrected chi connectivity index (χ1v) is 7.90. The molecule has 1 aromatic rings. The summed E-state index contributed by atoms with van der Waals surface area (Å²) < 4.78 is 48.6. The zero-order valence-electron chi connectivity index (χ0n) is 13.0. The number of anilines is 1. The monoisotopic (exact) mass is 344 g/mol. The quantitative estimate of drug-likeness (QED) is 0.895. The Morgan fingerprint density at radius 2 is 1.83 bits per heavy atom. The van der Waals surface area contributed by atoms with E-state index in [0.717, 1.165) is 25.0 Å². The average Bonchev–Trinajstić information content (AvgIpc) is 3.09. The smallest absolute Gasteiger partial charge is 0.350 e. The van der Waals surface area contributed by atoms with Crippen molar-refractivity contribution in [2.75, 3.05) is 31.6 Å². The molecule has 0 spiro atoms. The van der Waals surface area contributed by atoms with Crippen LogP contribution < -0.4 is 5.32 Å². The number of carbonyl (C=O) groups excluding carboxylic acids is 1. The minimum atomic E-state index is -4.39. The minimum Gasteiger partial charge on any atom is -0.350 e. The van der Waals surface area contributed by atoms with Gasteiger partial charge in [-0.3, -0.25) is 0 Å². The van der Waals surface area contributed by atoms with Crippen LogP contribution >= 0.6 is 0 Å². The number of benzene rings is 1. The minimum absolute atomic E-state index is 0.125. The number of piperidine rings is 1. The fraction of sp³-hybridized carbons (Fsp3) is 0.562. The molecule has 1 atom stereocenters. The van der Waals surface area contributed by atoms with Gasteiger partial charge in [0.25, 0.3) is 0 Å². The summed E-state index contributed by atoms with van der Waals surface area (Å²) in [7, 11) is 0. The van der Waals surface area contributed by atoms with Gasteiger partial charge in [0.05, 0.1) is 18.8 Å². The van der Waals surface area contributed by atoms with Crippen molar-refractivity contribution in [2.45, 2.75) is 25.3 Å². The van der Waals surface area contributed by atoms with Gasteiger partial charge in [-0.15, -0.1) is 0 Å². The Morgan fingerprint density at radius 1 is 1.17 bits per heavy atom. The molecule has 3 rings (SSSR count). The predicted octanol–water partition coefficient (Wildman–Crippen LogP) is 3.32. The molecule has 1 aromatic carbocycles. The maximum absolute atomic E-state index is 12.5. The van der Waals surface area contributed by atoms with Gasteiger partial charge >= 0.3 is 12.2 Å². The molecule has 0 saturated carbocycles. The number of halogens is 3. The van der Waals surface area contributed by atoms with Crippen molar-refractivity contribution < 1.29 is 27.4 Å². The fourth-order valence-corrected chi connectivity index (χ4v) is 3.01. The molecular formula is C16H19F3N2O3. The normalized spacial score (nSPS) is 22.6. The van der Waals surface area contributed by atoms with E-state index in [4.69, 9.17) is 9.47 Å². The van der Waals surface area contributed by atoms with Gasteiger partial charge in [0.15, 0.2) is 6.29 Å². The first kappa shape index (κ1) is 17.0. The van der Waals surface area contributed by atoms with E-state index in [1.54, 1.807) is 4.90 Å². The molecule has 8 heteroatoms. The van der Waals surface area contributed by atoms with Crippen LogP contribution in [0.25, 0.3) is 0 Å². The van der Waals surface area contributed by atoms with Crippen molar-refractivity contribution >= 4 is 11.7 Å². The summed E-state index contributed by atoms with van der Waals surface area (Å²) in [5.74, 6) is 0.125. The summed E-state index contributed by atoms with van der Waals surface area (Å²) in [5.41, 5.74) is -0.405. The number of hydrogen-bond donors (Lipinski definition) is 1. The molecule has 132 valence electrons. The van der Waals surface area contributed by atoms with Crippen LogP contribution in [-0.4, -0.2) is 43.5 Å². The summed E-state index contributed by atoms with van der Waals surface area (Å²) >= 11 is 0. The number of amides is 2. The lowest BCUT2D eigenvalue weighted by Crippen LogP contribution is -2.45. The zero-order valence-corrected chi connectivity index (χ0v) is 13.0. The second-order valence-corrected chi connectivity index (χ2v) is 5.96. The molecular weight excluding hydrogens is 325 g/mol. The lowest BCUT2D eigenvalue weighted by molar-refractivity contribution is -0.137. The van der Waals surface area contributed by atoms with Crippen LogP contribution in [0.15, 0.2) is 24.3 Å². The van der Waals surface area contributed by atoms with E-state index in [2.05, 4.69) is 5.32 Å². The number of urea groups is 1. The third-order valence-electron chi connectivity index (χ3n) is 4.24. The molecule has 2 aliphatic heterocycles. The van der Waals surface area contributed by atoms with Gasteiger partial charge in [-0.1, -0.05) is 0 Å². The number of alkyl halides is 3. The van der Waals surface area contributed by atoms with Crippen LogP contribution in [0, 0.1) is 5.92 Å². The van der Waals surface area contributed by atoms with E-state index in [1.807, 2.05) is 0 Å². The molecule has 1 N–H and O–H groups in total. The third kappa shape index (κ3) is 3.99. The SMILES string of the molecule is O=C(Nc1ccc(C(F)(F)F)cc1)N1CCCC(C2OCCO2)C1. The van der Waals surface area contributed by atoms with Gasteiger partial charge < -0.3 is 19.7 Å². The zero-order chi connectivity index (χ0) is 17.2. The van der Waals surface area contributed by atoms with Crippen molar-refractivity contribution in [1.29, 1.82) is 0 Å². The van der Waals surface area contributed by atoms with Crippen molar-refractivity contribution in [1.82, 2.24) is 4.90 Å². The van der Waals surface area contributed by atoms with Crippen LogP contribution in [-0.2, 0) is 15.7 Å². The molecule has 2 amide bonds. The Bertz CT molecular complexity index is 571. The maximum atomic E-state index is 12.5. The molecule has 2 aliphatic rings. The fourth-order valence-electron chi connectivity index (χ4n) is 3.01. The Morgan fingerprint density at radius 3 is 2.46 bits per heavy atom. The molecule has 0 aliphatic carbocycles.